The molecule has 0 N–H and O–H groups in total. The standard InChI is InChI=1S/C26H22BrFN4O5/c1-15(2)25-30-21-8-7-18(27)12-20(21)26(33)31(25)29-13-17-10-22(32(34)35)24(23(11-17)36-3)37-14-16-5-4-6-19(28)9-16/h4-13,15H,14H2,1-3H3. The summed E-state index contributed by atoms with van der Waals surface area (Å²) in [4.78, 5) is 29.1. The number of nitrogens with zero attached hydrogens (tertiary/aromatic N) is 4. The topological polar surface area (TPSA) is 109 Å². The van der Waals surface area contributed by atoms with Gasteiger partial charge in [0.1, 0.15) is 18.2 Å². The second-order valence-corrected chi connectivity index (χ2v) is 9.31. The number of hydrogen-bond donors (Lipinski definition) is 0. The van der Waals surface area contributed by atoms with Crippen LogP contribution in [-0.2, 0) is 6.61 Å². The lowest BCUT2D eigenvalue weighted by Gasteiger charge is -2.13. The molecule has 4 rings (SSSR count). The molecule has 0 bridgehead atoms. The number of benzene rings is 3. The molecule has 1 heterocycles. The van der Waals surface area contributed by atoms with E-state index in [1.54, 1.807) is 24.3 Å². The maximum Gasteiger partial charge on any atom is 0.315 e. The Morgan fingerprint density at radius 3 is 2.68 bits per heavy atom. The van der Waals surface area contributed by atoms with Crippen LogP contribution < -0.4 is 15.0 Å². The van der Waals surface area contributed by atoms with Crippen LogP contribution in [0.15, 0.2) is 69.0 Å². The Morgan fingerprint density at radius 2 is 2.00 bits per heavy atom. The molecular formula is C26H22BrFN4O5. The van der Waals surface area contributed by atoms with E-state index in [4.69, 9.17) is 9.47 Å². The van der Waals surface area contributed by atoms with Crippen molar-refractivity contribution in [2.24, 2.45) is 5.10 Å². The highest BCUT2D eigenvalue weighted by Gasteiger charge is 2.22. The van der Waals surface area contributed by atoms with Crippen LogP contribution in [0.5, 0.6) is 11.5 Å². The monoisotopic (exact) mass is 568 g/mol. The van der Waals surface area contributed by atoms with Crippen molar-refractivity contribution in [1.29, 1.82) is 0 Å². The molecule has 1 aromatic heterocycles. The van der Waals surface area contributed by atoms with Gasteiger partial charge in [-0.25, -0.2) is 9.37 Å². The number of ether oxygens (including phenoxy) is 2. The summed E-state index contributed by atoms with van der Waals surface area (Å²) in [6, 6.07) is 13.7. The molecule has 11 heteroatoms. The van der Waals surface area contributed by atoms with E-state index < -0.39 is 10.7 Å². The molecule has 0 amide bonds. The number of nitro groups is 1. The van der Waals surface area contributed by atoms with Crippen molar-refractivity contribution in [1.82, 2.24) is 9.66 Å². The summed E-state index contributed by atoms with van der Waals surface area (Å²) in [7, 11) is 1.35. The summed E-state index contributed by atoms with van der Waals surface area (Å²) < 4.78 is 26.4. The van der Waals surface area contributed by atoms with E-state index in [1.807, 2.05) is 13.8 Å². The first kappa shape index (κ1) is 26.0. The Bertz CT molecular complexity index is 1590. The fourth-order valence-corrected chi connectivity index (χ4v) is 4.03. The zero-order chi connectivity index (χ0) is 26.7. The minimum Gasteiger partial charge on any atom is -0.493 e. The number of halogens is 2. The quantitative estimate of drug-likeness (QED) is 0.151. The van der Waals surface area contributed by atoms with Crippen molar-refractivity contribution in [2.75, 3.05) is 7.11 Å². The highest BCUT2D eigenvalue weighted by Crippen LogP contribution is 2.38. The molecule has 0 aliphatic heterocycles. The van der Waals surface area contributed by atoms with Gasteiger partial charge in [0, 0.05) is 22.0 Å². The molecule has 4 aromatic rings. The average molecular weight is 569 g/mol. The van der Waals surface area contributed by atoms with Gasteiger partial charge in [-0.1, -0.05) is 41.9 Å². The third-order valence-corrected chi connectivity index (χ3v) is 5.91. The van der Waals surface area contributed by atoms with E-state index in [9.17, 15) is 19.3 Å². The van der Waals surface area contributed by atoms with E-state index in [0.29, 0.717) is 27.9 Å². The third kappa shape index (κ3) is 5.67. The molecule has 9 nitrogen and oxygen atoms in total. The Balaban J connectivity index is 1.76. The van der Waals surface area contributed by atoms with Crippen molar-refractivity contribution >= 4 is 38.7 Å². The van der Waals surface area contributed by atoms with Crippen LogP contribution in [0, 0.1) is 15.9 Å². The fourth-order valence-electron chi connectivity index (χ4n) is 3.67. The molecule has 0 fully saturated rings. The first-order valence-electron chi connectivity index (χ1n) is 11.2. The molecule has 0 aliphatic rings. The summed E-state index contributed by atoms with van der Waals surface area (Å²) in [5, 5.41) is 16.6. The number of methoxy groups -OCH3 is 1. The smallest absolute Gasteiger partial charge is 0.315 e. The first-order valence-corrected chi connectivity index (χ1v) is 12.0. The van der Waals surface area contributed by atoms with Crippen LogP contribution in [0.3, 0.4) is 0 Å². The Morgan fingerprint density at radius 1 is 1.22 bits per heavy atom. The molecule has 0 saturated carbocycles. The van der Waals surface area contributed by atoms with Gasteiger partial charge in [-0.05, 0) is 42.0 Å². The lowest BCUT2D eigenvalue weighted by Crippen LogP contribution is -2.23. The second-order valence-electron chi connectivity index (χ2n) is 8.39. The predicted octanol–water partition coefficient (Wildman–Crippen LogP) is 5.80. The molecule has 0 unspecified atom stereocenters. The number of aromatic nitrogens is 2. The van der Waals surface area contributed by atoms with E-state index in [1.165, 1.54) is 48.3 Å². The van der Waals surface area contributed by atoms with Crippen LogP contribution in [0.2, 0.25) is 0 Å². The van der Waals surface area contributed by atoms with Crippen molar-refractivity contribution in [2.45, 2.75) is 26.4 Å². The summed E-state index contributed by atoms with van der Waals surface area (Å²) in [5.74, 6) is -0.149. The first-order chi connectivity index (χ1) is 17.7. The molecule has 0 radical (unpaired) electrons. The van der Waals surface area contributed by atoms with Gasteiger partial charge in [-0.3, -0.25) is 14.9 Å². The maximum atomic E-state index is 13.5. The predicted molar refractivity (Wildman–Crippen MR) is 141 cm³/mol. The van der Waals surface area contributed by atoms with Gasteiger partial charge in [0.15, 0.2) is 5.75 Å². The summed E-state index contributed by atoms with van der Waals surface area (Å²) in [6.45, 7) is 3.67. The van der Waals surface area contributed by atoms with Gasteiger partial charge >= 0.3 is 5.69 Å². The van der Waals surface area contributed by atoms with E-state index in [0.717, 1.165) is 4.47 Å². The summed E-state index contributed by atoms with van der Waals surface area (Å²) in [6.07, 6.45) is 1.32. The third-order valence-electron chi connectivity index (χ3n) is 5.42. The number of nitro benzene ring substituents is 1. The van der Waals surface area contributed by atoms with Crippen molar-refractivity contribution in [3.8, 4) is 11.5 Å². The molecule has 3 aromatic carbocycles. The van der Waals surface area contributed by atoms with Gasteiger partial charge in [0.05, 0.1) is 29.2 Å². The van der Waals surface area contributed by atoms with Gasteiger partial charge in [-0.15, -0.1) is 0 Å². The van der Waals surface area contributed by atoms with Gasteiger partial charge in [-0.2, -0.15) is 9.78 Å². The van der Waals surface area contributed by atoms with E-state index >= 15 is 0 Å². The summed E-state index contributed by atoms with van der Waals surface area (Å²) >= 11 is 3.37. The second kappa shape index (κ2) is 10.9. The molecule has 0 aliphatic carbocycles. The van der Waals surface area contributed by atoms with Crippen LogP contribution >= 0.6 is 15.9 Å². The molecule has 0 saturated heterocycles. The molecule has 190 valence electrons. The lowest BCUT2D eigenvalue weighted by molar-refractivity contribution is -0.386. The SMILES string of the molecule is COc1cc(C=Nn2c(C(C)C)nc3ccc(Br)cc3c2=O)cc([N+](=O)[O-])c1OCc1cccc(F)c1. The highest BCUT2D eigenvalue weighted by molar-refractivity contribution is 9.10. The number of hydrogen-bond acceptors (Lipinski definition) is 7. The van der Waals surface area contributed by atoms with Crippen LogP contribution in [0.25, 0.3) is 10.9 Å². The van der Waals surface area contributed by atoms with Crippen molar-refractivity contribution < 1.29 is 18.8 Å². The van der Waals surface area contributed by atoms with Gasteiger partial charge in [0.2, 0.25) is 5.75 Å². The largest absolute Gasteiger partial charge is 0.493 e. The number of rotatable bonds is 8. The Hall–Kier alpha value is -4.12. The van der Waals surface area contributed by atoms with Crippen LogP contribution in [0.4, 0.5) is 10.1 Å². The maximum absolute atomic E-state index is 13.5. The molecule has 0 spiro atoms. The van der Waals surface area contributed by atoms with Crippen LogP contribution in [-0.4, -0.2) is 27.9 Å². The van der Waals surface area contributed by atoms with Gasteiger partial charge in [0.25, 0.3) is 5.56 Å². The number of fused-ring (bicyclic) bond motifs is 1. The molecular weight excluding hydrogens is 547 g/mol. The minimum absolute atomic E-state index is 0.0871. The van der Waals surface area contributed by atoms with Gasteiger partial charge < -0.3 is 9.47 Å². The molecule has 0 atom stereocenters. The zero-order valence-corrected chi connectivity index (χ0v) is 21.7. The normalized spacial score (nSPS) is 11.4. The van der Waals surface area contributed by atoms with E-state index in [2.05, 4.69) is 26.0 Å². The van der Waals surface area contributed by atoms with E-state index in [-0.39, 0.29) is 35.3 Å². The van der Waals surface area contributed by atoms with Crippen molar-refractivity contribution in [3.05, 3.63) is 102 Å². The van der Waals surface area contributed by atoms with Crippen LogP contribution in [0.1, 0.15) is 36.7 Å². The fraction of sp³-hybridized carbons (Fsp3) is 0.192. The Labute approximate surface area is 219 Å². The molecule has 37 heavy (non-hydrogen) atoms. The zero-order valence-electron chi connectivity index (χ0n) is 20.1. The average Bonchev–Trinajstić information content (AvgIpc) is 2.86. The Kier molecular flexibility index (Phi) is 7.63. The van der Waals surface area contributed by atoms with Crippen molar-refractivity contribution in [3.63, 3.8) is 0 Å². The summed E-state index contributed by atoms with van der Waals surface area (Å²) in [5.41, 5.74) is 0.605. The minimum atomic E-state index is -0.610. The lowest BCUT2D eigenvalue weighted by atomic mass is 10.1. The highest BCUT2D eigenvalue weighted by atomic mass is 79.9.